The van der Waals surface area contributed by atoms with E-state index in [4.69, 9.17) is 9.47 Å². The zero-order valence-electron chi connectivity index (χ0n) is 12.7. The van der Waals surface area contributed by atoms with Crippen molar-refractivity contribution >= 4 is 12.1 Å². The van der Waals surface area contributed by atoms with Gasteiger partial charge in [-0.15, -0.1) is 0 Å². The van der Waals surface area contributed by atoms with E-state index in [9.17, 15) is 14.7 Å². The van der Waals surface area contributed by atoms with Crippen molar-refractivity contribution in [2.45, 2.75) is 39.3 Å². The number of aromatic hydroxyl groups is 1. The number of rotatable bonds is 4. The SMILES string of the molecule is CCOC(=O)C(NC(=O)OC(C)(C)C)c1ccc(O)cc1. The van der Waals surface area contributed by atoms with Crippen LogP contribution in [0.2, 0.25) is 0 Å². The molecule has 6 heteroatoms. The number of alkyl carbamates (subject to hydrolysis) is 1. The molecule has 0 aliphatic rings. The van der Waals surface area contributed by atoms with Crippen LogP contribution in [0.3, 0.4) is 0 Å². The molecule has 1 aromatic carbocycles. The second-order valence-electron chi connectivity index (χ2n) is 5.42. The molecule has 2 N–H and O–H groups in total. The molecule has 0 heterocycles. The van der Waals surface area contributed by atoms with Gasteiger partial charge in [0.1, 0.15) is 11.4 Å². The normalized spacial score (nSPS) is 12.4. The predicted molar refractivity (Wildman–Crippen MR) is 76.9 cm³/mol. The number of hydrogen-bond donors (Lipinski definition) is 2. The fourth-order valence-electron chi connectivity index (χ4n) is 1.60. The van der Waals surface area contributed by atoms with Crippen LogP contribution in [-0.2, 0) is 14.3 Å². The van der Waals surface area contributed by atoms with Crippen molar-refractivity contribution in [3.05, 3.63) is 29.8 Å². The van der Waals surface area contributed by atoms with Gasteiger partial charge < -0.3 is 19.9 Å². The van der Waals surface area contributed by atoms with Crippen LogP contribution in [0, 0.1) is 0 Å². The van der Waals surface area contributed by atoms with E-state index in [1.165, 1.54) is 24.3 Å². The summed E-state index contributed by atoms with van der Waals surface area (Å²) >= 11 is 0. The minimum Gasteiger partial charge on any atom is -0.508 e. The molecule has 1 aromatic rings. The Labute approximate surface area is 124 Å². The standard InChI is InChI=1S/C15H21NO5/c1-5-20-13(18)12(10-6-8-11(17)9-7-10)16-14(19)21-15(2,3)4/h6-9,12,17H,5H2,1-4H3,(H,16,19). The molecule has 116 valence electrons. The van der Waals surface area contributed by atoms with Gasteiger partial charge in [0, 0.05) is 0 Å². The van der Waals surface area contributed by atoms with Gasteiger partial charge in [-0.3, -0.25) is 0 Å². The highest BCUT2D eigenvalue weighted by molar-refractivity contribution is 5.82. The summed E-state index contributed by atoms with van der Waals surface area (Å²) in [5, 5.41) is 11.8. The Bertz CT molecular complexity index is 490. The number of ether oxygens (including phenoxy) is 2. The molecule has 0 aliphatic heterocycles. The monoisotopic (exact) mass is 295 g/mol. The number of carbonyl (C=O) groups excluding carboxylic acids is 2. The molecule has 1 atom stereocenters. The molecule has 1 amide bonds. The second kappa shape index (κ2) is 6.97. The smallest absolute Gasteiger partial charge is 0.408 e. The fraction of sp³-hybridized carbons (Fsp3) is 0.467. The summed E-state index contributed by atoms with van der Waals surface area (Å²) in [6.45, 7) is 7.06. The van der Waals surface area contributed by atoms with Crippen molar-refractivity contribution < 1.29 is 24.2 Å². The van der Waals surface area contributed by atoms with E-state index in [0.717, 1.165) is 0 Å². The average molecular weight is 295 g/mol. The number of amides is 1. The lowest BCUT2D eigenvalue weighted by Gasteiger charge is -2.23. The van der Waals surface area contributed by atoms with Gasteiger partial charge in [-0.25, -0.2) is 9.59 Å². The predicted octanol–water partition coefficient (Wildman–Crippen LogP) is 2.52. The third kappa shape index (κ3) is 5.72. The van der Waals surface area contributed by atoms with Gasteiger partial charge in [-0.2, -0.15) is 0 Å². The van der Waals surface area contributed by atoms with Crippen molar-refractivity contribution in [3.8, 4) is 5.75 Å². The zero-order valence-corrected chi connectivity index (χ0v) is 12.7. The van der Waals surface area contributed by atoms with E-state index in [2.05, 4.69) is 5.32 Å². The number of phenols is 1. The molecule has 0 fully saturated rings. The maximum Gasteiger partial charge on any atom is 0.408 e. The number of hydrogen-bond acceptors (Lipinski definition) is 5. The van der Waals surface area contributed by atoms with Crippen molar-refractivity contribution in [2.75, 3.05) is 6.61 Å². The first kappa shape index (κ1) is 16.8. The summed E-state index contributed by atoms with van der Waals surface area (Å²) in [6, 6.07) is 4.94. The van der Waals surface area contributed by atoms with Gasteiger partial charge in [0.2, 0.25) is 0 Å². The summed E-state index contributed by atoms with van der Waals surface area (Å²) in [5.41, 5.74) is -0.171. The van der Waals surface area contributed by atoms with E-state index >= 15 is 0 Å². The van der Waals surface area contributed by atoms with Gasteiger partial charge in [-0.1, -0.05) is 12.1 Å². The Balaban J connectivity index is 2.90. The Morgan fingerprint density at radius 1 is 1.24 bits per heavy atom. The summed E-state index contributed by atoms with van der Waals surface area (Å²) < 4.78 is 10.1. The van der Waals surface area contributed by atoms with E-state index in [1.54, 1.807) is 27.7 Å². The summed E-state index contributed by atoms with van der Waals surface area (Å²) in [6.07, 6.45) is -0.714. The largest absolute Gasteiger partial charge is 0.508 e. The molecular formula is C15H21NO5. The number of benzene rings is 1. The lowest BCUT2D eigenvalue weighted by molar-refractivity contribution is -0.145. The number of carbonyl (C=O) groups is 2. The van der Waals surface area contributed by atoms with Gasteiger partial charge in [-0.05, 0) is 45.4 Å². The Morgan fingerprint density at radius 3 is 2.29 bits per heavy atom. The molecule has 1 rings (SSSR count). The van der Waals surface area contributed by atoms with E-state index < -0.39 is 23.7 Å². The van der Waals surface area contributed by atoms with Crippen LogP contribution in [0.15, 0.2) is 24.3 Å². The van der Waals surface area contributed by atoms with Gasteiger partial charge >= 0.3 is 12.1 Å². The van der Waals surface area contributed by atoms with Crippen LogP contribution < -0.4 is 5.32 Å². The van der Waals surface area contributed by atoms with Crippen molar-refractivity contribution in [2.24, 2.45) is 0 Å². The lowest BCUT2D eigenvalue weighted by atomic mass is 10.1. The maximum atomic E-state index is 12.0. The molecule has 0 aromatic heterocycles. The van der Waals surface area contributed by atoms with Gasteiger partial charge in [0.25, 0.3) is 0 Å². The Morgan fingerprint density at radius 2 is 1.81 bits per heavy atom. The third-order valence-corrected chi connectivity index (χ3v) is 2.41. The Hall–Kier alpha value is -2.24. The van der Waals surface area contributed by atoms with Crippen LogP contribution >= 0.6 is 0 Å². The minimum absolute atomic E-state index is 0.0682. The Kier molecular flexibility index (Phi) is 5.58. The molecule has 0 aliphatic carbocycles. The van der Waals surface area contributed by atoms with Crippen molar-refractivity contribution in [1.82, 2.24) is 5.32 Å². The zero-order chi connectivity index (χ0) is 16.0. The molecule has 0 bridgehead atoms. The van der Waals surface area contributed by atoms with E-state index in [0.29, 0.717) is 5.56 Å². The third-order valence-electron chi connectivity index (χ3n) is 2.41. The number of nitrogens with one attached hydrogen (secondary N) is 1. The molecule has 0 spiro atoms. The van der Waals surface area contributed by atoms with E-state index in [-0.39, 0.29) is 12.4 Å². The second-order valence-corrected chi connectivity index (χ2v) is 5.42. The highest BCUT2D eigenvalue weighted by Crippen LogP contribution is 2.19. The molecule has 0 saturated carbocycles. The van der Waals surface area contributed by atoms with E-state index in [1.807, 2.05) is 0 Å². The molecule has 0 radical (unpaired) electrons. The first-order valence-corrected chi connectivity index (χ1v) is 6.68. The molecule has 0 saturated heterocycles. The molecule has 21 heavy (non-hydrogen) atoms. The quantitative estimate of drug-likeness (QED) is 0.834. The minimum atomic E-state index is -0.986. The number of esters is 1. The summed E-state index contributed by atoms with van der Waals surface area (Å²) in [7, 11) is 0. The van der Waals surface area contributed by atoms with Gasteiger partial charge in [0.05, 0.1) is 6.61 Å². The topological polar surface area (TPSA) is 84.9 Å². The summed E-state index contributed by atoms with van der Waals surface area (Å²) in [5.74, 6) is -0.521. The highest BCUT2D eigenvalue weighted by atomic mass is 16.6. The first-order valence-electron chi connectivity index (χ1n) is 6.68. The fourth-order valence-corrected chi connectivity index (χ4v) is 1.60. The van der Waals surface area contributed by atoms with Crippen LogP contribution in [0.25, 0.3) is 0 Å². The van der Waals surface area contributed by atoms with Crippen LogP contribution in [0.1, 0.15) is 39.3 Å². The van der Waals surface area contributed by atoms with Gasteiger partial charge in [0.15, 0.2) is 6.04 Å². The number of phenolic OH excluding ortho intramolecular Hbond substituents is 1. The highest BCUT2D eigenvalue weighted by Gasteiger charge is 2.26. The molecule has 1 unspecified atom stereocenters. The summed E-state index contributed by atoms with van der Waals surface area (Å²) in [4.78, 5) is 23.8. The molecular weight excluding hydrogens is 274 g/mol. The van der Waals surface area contributed by atoms with Crippen LogP contribution in [-0.4, -0.2) is 29.4 Å². The lowest BCUT2D eigenvalue weighted by Crippen LogP contribution is -2.38. The molecule has 6 nitrogen and oxygen atoms in total. The van der Waals surface area contributed by atoms with Crippen LogP contribution in [0.4, 0.5) is 4.79 Å². The maximum absolute atomic E-state index is 12.0. The van der Waals surface area contributed by atoms with Crippen LogP contribution in [0.5, 0.6) is 5.75 Å². The van der Waals surface area contributed by atoms with Crippen molar-refractivity contribution in [1.29, 1.82) is 0 Å². The van der Waals surface area contributed by atoms with Crippen molar-refractivity contribution in [3.63, 3.8) is 0 Å². The first-order chi connectivity index (χ1) is 9.73. The average Bonchev–Trinajstić information content (AvgIpc) is 2.35.